The molecule has 1 fully saturated rings. The van der Waals surface area contributed by atoms with Crippen molar-refractivity contribution in [3.8, 4) is 17.2 Å². The Kier molecular flexibility index (Phi) is 8.99. The molecular formula is C23H32N2O5S. The second kappa shape index (κ2) is 11.9. The maximum absolute atomic E-state index is 13.1. The van der Waals surface area contributed by atoms with E-state index in [9.17, 15) is 4.79 Å². The molecule has 2 heterocycles. The van der Waals surface area contributed by atoms with Crippen molar-refractivity contribution < 1.29 is 23.7 Å². The predicted molar refractivity (Wildman–Crippen MR) is 122 cm³/mol. The van der Waals surface area contributed by atoms with Gasteiger partial charge in [-0.15, -0.1) is 0 Å². The summed E-state index contributed by atoms with van der Waals surface area (Å²) in [5, 5.41) is 7.32. The molecule has 0 radical (unpaired) electrons. The van der Waals surface area contributed by atoms with Gasteiger partial charge in [0.2, 0.25) is 5.75 Å². The van der Waals surface area contributed by atoms with Crippen molar-refractivity contribution in [3.63, 3.8) is 0 Å². The highest BCUT2D eigenvalue weighted by atomic mass is 32.1. The number of benzene rings is 1. The maximum Gasteiger partial charge on any atom is 0.251 e. The summed E-state index contributed by atoms with van der Waals surface area (Å²) in [7, 11) is 0. The van der Waals surface area contributed by atoms with Crippen LogP contribution in [-0.2, 0) is 4.74 Å². The Labute approximate surface area is 188 Å². The van der Waals surface area contributed by atoms with Gasteiger partial charge in [0.15, 0.2) is 11.5 Å². The summed E-state index contributed by atoms with van der Waals surface area (Å²) in [5.41, 5.74) is 1.70. The number of rotatable bonds is 11. The number of morpholine rings is 1. The van der Waals surface area contributed by atoms with E-state index in [2.05, 4.69) is 27.0 Å². The Balaban J connectivity index is 1.79. The van der Waals surface area contributed by atoms with Crippen LogP contribution in [0.4, 0.5) is 0 Å². The molecule has 2 aromatic rings. The number of nitrogens with one attached hydrogen (secondary N) is 1. The number of hydrogen-bond donors (Lipinski definition) is 1. The Bertz CT molecular complexity index is 794. The van der Waals surface area contributed by atoms with Crippen LogP contribution in [0.15, 0.2) is 29.0 Å². The van der Waals surface area contributed by atoms with E-state index in [0.29, 0.717) is 62.4 Å². The number of carbonyl (C=O) groups is 1. The van der Waals surface area contributed by atoms with Gasteiger partial charge in [-0.25, -0.2) is 0 Å². The van der Waals surface area contributed by atoms with Gasteiger partial charge in [0.05, 0.1) is 39.1 Å². The maximum atomic E-state index is 13.1. The molecule has 3 rings (SSSR count). The summed E-state index contributed by atoms with van der Waals surface area (Å²) in [6, 6.07) is 5.68. The number of nitrogens with zero attached hydrogens (tertiary/aromatic N) is 1. The van der Waals surface area contributed by atoms with Crippen molar-refractivity contribution in [2.24, 2.45) is 0 Å². The molecule has 1 aromatic carbocycles. The van der Waals surface area contributed by atoms with E-state index in [1.165, 1.54) is 5.56 Å². The van der Waals surface area contributed by atoms with Gasteiger partial charge >= 0.3 is 0 Å². The zero-order chi connectivity index (χ0) is 22.1. The number of ether oxygens (including phenoxy) is 4. The smallest absolute Gasteiger partial charge is 0.251 e. The van der Waals surface area contributed by atoms with Crippen LogP contribution in [-0.4, -0.2) is 63.5 Å². The number of thiophene rings is 1. The minimum atomic E-state index is -0.168. The minimum Gasteiger partial charge on any atom is -0.490 e. The van der Waals surface area contributed by atoms with Crippen molar-refractivity contribution in [3.05, 3.63) is 40.1 Å². The first-order valence-corrected chi connectivity index (χ1v) is 11.8. The molecular weight excluding hydrogens is 416 g/mol. The summed E-state index contributed by atoms with van der Waals surface area (Å²) in [5.74, 6) is 1.40. The quantitative estimate of drug-likeness (QED) is 0.565. The second-order valence-electron chi connectivity index (χ2n) is 7.03. The van der Waals surface area contributed by atoms with Gasteiger partial charge in [-0.1, -0.05) is 0 Å². The van der Waals surface area contributed by atoms with Crippen LogP contribution in [0, 0.1) is 0 Å². The fraction of sp³-hybridized carbons (Fsp3) is 0.522. The van der Waals surface area contributed by atoms with Gasteiger partial charge in [-0.3, -0.25) is 9.69 Å². The number of carbonyl (C=O) groups excluding carboxylic acids is 1. The van der Waals surface area contributed by atoms with Crippen LogP contribution in [0.3, 0.4) is 0 Å². The molecule has 31 heavy (non-hydrogen) atoms. The predicted octanol–water partition coefficient (Wildman–Crippen LogP) is 3.75. The van der Waals surface area contributed by atoms with Crippen molar-refractivity contribution in [2.45, 2.75) is 26.8 Å². The lowest BCUT2D eigenvalue weighted by Gasteiger charge is -2.34. The fourth-order valence-electron chi connectivity index (χ4n) is 3.62. The van der Waals surface area contributed by atoms with Crippen LogP contribution in [0.25, 0.3) is 0 Å². The van der Waals surface area contributed by atoms with Crippen molar-refractivity contribution in [1.29, 1.82) is 0 Å². The molecule has 7 nitrogen and oxygen atoms in total. The molecule has 1 aliphatic rings. The summed E-state index contributed by atoms with van der Waals surface area (Å²) < 4.78 is 22.7. The van der Waals surface area contributed by atoms with Crippen LogP contribution in [0.5, 0.6) is 17.2 Å². The summed E-state index contributed by atoms with van der Waals surface area (Å²) >= 11 is 1.67. The molecule has 1 unspecified atom stereocenters. The van der Waals surface area contributed by atoms with Gasteiger partial charge in [0.1, 0.15) is 0 Å². The monoisotopic (exact) mass is 448 g/mol. The van der Waals surface area contributed by atoms with Gasteiger partial charge in [0, 0.05) is 25.2 Å². The third-order valence-corrected chi connectivity index (χ3v) is 5.74. The van der Waals surface area contributed by atoms with Gasteiger partial charge in [0.25, 0.3) is 5.91 Å². The lowest BCUT2D eigenvalue weighted by molar-refractivity contribution is 0.0163. The minimum absolute atomic E-state index is 0.111. The molecule has 0 spiro atoms. The van der Waals surface area contributed by atoms with Crippen molar-refractivity contribution in [1.82, 2.24) is 10.2 Å². The SMILES string of the molecule is CCOc1cc(C(=O)NCC(c2ccsc2)N2CCOCC2)cc(OCC)c1OCC. The zero-order valence-corrected chi connectivity index (χ0v) is 19.3. The average Bonchev–Trinajstić information content (AvgIpc) is 3.31. The number of hydrogen-bond acceptors (Lipinski definition) is 7. The van der Waals surface area contributed by atoms with E-state index in [4.69, 9.17) is 18.9 Å². The lowest BCUT2D eigenvalue weighted by atomic mass is 10.1. The molecule has 1 aromatic heterocycles. The van der Waals surface area contributed by atoms with Gasteiger partial charge in [-0.2, -0.15) is 11.3 Å². The van der Waals surface area contributed by atoms with Gasteiger partial charge in [-0.05, 0) is 55.3 Å². The van der Waals surface area contributed by atoms with E-state index in [1.54, 1.807) is 23.5 Å². The highest BCUT2D eigenvalue weighted by Crippen LogP contribution is 2.39. The molecule has 170 valence electrons. The Hall–Kier alpha value is -2.29. The Morgan fingerprint density at radius 1 is 1.10 bits per heavy atom. The first kappa shape index (κ1) is 23.4. The normalized spacial score (nSPS) is 15.3. The highest BCUT2D eigenvalue weighted by molar-refractivity contribution is 7.07. The number of amides is 1. The Morgan fingerprint density at radius 2 is 1.74 bits per heavy atom. The zero-order valence-electron chi connectivity index (χ0n) is 18.5. The van der Waals surface area contributed by atoms with Gasteiger partial charge < -0.3 is 24.3 Å². The van der Waals surface area contributed by atoms with E-state index in [0.717, 1.165) is 13.1 Å². The van der Waals surface area contributed by atoms with Crippen LogP contribution >= 0.6 is 11.3 Å². The standard InChI is InChI=1S/C23H32N2O5S/c1-4-28-20-13-18(14-21(29-5-2)22(20)30-6-3)23(26)24-15-19(17-7-12-31-16-17)25-8-10-27-11-9-25/h7,12-14,16,19H,4-6,8-11,15H2,1-3H3,(H,24,26). The molecule has 1 amide bonds. The van der Waals surface area contributed by atoms with E-state index in [-0.39, 0.29) is 11.9 Å². The highest BCUT2D eigenvalue weighted by Gasteiger charge is 2.24. The molecule has 1 saturated heterocycles. The molecule has 1 atom stereocenters. The molecule has 0 bridgehead atoms. The van der Waals surface area contributed by atoms with Crippen molar-refractivity contribution >= 4 is 17.2 Å². The third kappa shape index (κ3) is 6.12. The van der Waals surface area contributed by atoms with E-state index in [1.807, 2.05) is 20.8 Å². The molecule has 0 saturated carbocycles. The van der Waals surface area contributed by atoms with Crippen LogP contribution in [0.1, 0.15) is 42.7 Å². The van der Waals surface area contributed by atoms with Crippen LogP contribution in [0.2, 0.25) is 0 Å². The molecule has 1 aliphatic heterocycles. The van der Waals surface area contributed by atoms with E-state index >= 15 is 0 Å². The average molecular weight is 449 g/mol. The van der Waals surface area contributed by atoms with E-state index < -0.39 is 0 Å². The first-order chi connectivity index (χ1) is 15.2. The second-order valence-corrected chi connectivity index (χ2v) is 7.81. The lowest BCUT2D eigenvalue weighted by Crippen LogP contribution is -2.43. The molecule has 8 heteroatoms. The summed E-state index contributed by atoms with van der Waals surface area (Å²) in [4.78, 5) is 15.4. The summed E-state index contributed by atoms with van der Waals surface area (Å²) in [6.07, 6.45) is 0. The van der Waals surface area contributed by atoms with Crippen LogP contribution < -0.4 is 19.5 Å². The molecule has 0 aliphatic carbocycles. The fourth-order valence-corrected chi connectivity index (χ4v) is 4.33. The topological polar surface area (TPSA) is 69.3 Å². The largest absolute Gasteiger partial charge is 0.490 e. The van der Waals surface area contributed by atoms with Crippen molar-refractivity contribution in [2.75, 3.05) is 52.7 Å². The summed E-state index contributed by atoms with van der Waals surface area (Å²) in [6.45, 7) is 10.7. The third-order valence-electron chi connectivity index (χ3n) is 5.04. The molecule has 1 N–H and O–H groups in total. The first-order valence-electron chi connectivity index (χ1n) is 10.9. The Morgan fingerprint density at radius 3 is 2.29 bits per heavy atom.